The molecule has 0 spiro atoms. The van der Waals surface area contributed by atoms with E-state index in [1.165, 1.54) is 101 Å². The van der Waals surface area contributed by atoms with E-state index < -0.39 is 0 Å². The monoisotopic (exact) mass is 454 g/mol. The molecule has 0 bridgehead atoms. The highest BCUT2D eigenvalue weighted by Gasteiger charge is 2.46. The summed E-state index contributed by atoms with van der Waals surface area (Å²) in [6, 6.07) is 22.8. The molecule has 0 N–H and O–H groups in total. The standard InChI is InChI=1S/C32H42N2/c1-3-11-19-28(20-12-4-1)32(29-21-13-8-14-22-29)26-33-31(27-17-9-7-10-18-27)25-34(32)30-23-15-5-2-6-16-24-30/h7-10,13-14,17-18,21-22,25-26,28,30H,1-6,11-12,15-16,19-20,23-24H2/t32-/m0/s1. The van der Waals surface area contributed by atoms with Crippen molar-refractivity contribution in [1.82, 2.24) is 4.90 Å². The second-order valence-electron chi connectivity index (χ2n) is 10.8. The predicted molar refractivity (Wildman–Crippen MR) is 145 cm³/mol. The summed E-state index contributed by atoms with van der Waals surface area (Å²) >= 11 is 0. The summed E-state index contributed by atoms with van der Waals surface area (Å²) in [5.41, 5.74) is 3.66. The molecule has 2 heteroatoms. The van der Waals surface area contributed by atoms with E-state index in [9.17, 15) is 0 Å². The Bertz CT molecular complexity index is 931. The van der Waals surface area contributed by atoms with E-state index in [4.69, 9.17) is 4.99 Å². The third kappa shape index (κ3) is 5.02. The highest BCUT2D eigenvalue weighted by Crippen LogP contribution is 2.47. The number of aliphatic imine (C=N–C) groups is 1. The van der Waals surface area contributed by atoms with Gasteiger partial charge in [-0.25, -0.2) is 0 Å². The van der Waals surface area contributed by atoms with Crippen LogP contribution in [-0.4, -0.2) is 17.2 Å². The third-order valence-corrected chi connectivity index (χ3v) is 8.59. The molecule has 1 atom stereocenters. The van der Waals surface area contributed by atoms with E-state index in [1.54, 1.807) is 0 Å². The van der Waals surface area contributed by atoms with Crippen LogP contribution in [0.5, 0.6) is 0 Å². The van der Waals surface area contributed by atoms with Crippen molar-refractivity contribution in [3.05, 3.63) is 78.0 Å². The van der Waals surface area contributed by atoms with Crippen molar-refractivity contribution in [2.75, 3.05) is 0 Å². The summed E-state index contributed by atoms with van der Waals surface area (Å²) in [6.45, 7) is 0. The molecule has 34 heavy (non-hydrogen) atoms. The van der Waals surface area contributed by atoms with Crippen LogP contribution in [0.25, 0.3) is 5.70 Å². The van der Waals surface area contributed by atoms with E-state index in [1.807, 2.05) is 0 Å². The smallest absolute Gasteiger partial charge is 0.103 e. The van der Waals surface area contributed by atoms with E-state index >= 15 is 0 Å². The second kappa shape index (κ2) is 11.4. The molecule has 0 unspecified atom stereocenters. The fourth-order valence-electron chi connectivity index (χ4n) is 6.76. The van der Waals surface area contributed by atoms with Crippen molar-refractivity contribution in [1.29, 1.82) is 0 Å². The van der Waals surface area contributed by atoms with Gasteiger partial charge in [-0.1, -0.05) is 125 Å². The molecule has 2 saturated carbocycles. The van der Waals surface area contributed by atoms with E-state index in [0.717, 1.165) is 5.70 Å². The molecule has 2 aromatic carbocycles. The lowest BCUT2D eigenvalue weighted by atomic mass is 9.70. The molecule has 3 aliphatic rings. The average molecular weight is 455 g/mol. The van der Waals surface area contributed by atoms with Crippen LogP contribution in [0.2, 0.25) is 0 Å². The van der Waals surface area contributed by atoms with Crippen LogP contribution in [-0.2, 0) is 5.54 Å². The van der Waals surface area contributed by atoms with Crippen molar-refractivity contribution < 1.29 is 0 Å². The first kappa shape index (κ1) is 23.4. The zero-order valence-corrected chi connectivity index (χ0v) is 20.9. The maximum absolute atomic E-state index is 5.24. The SMILES string of the molecule is C1=NC(c2ccccc2)=CN(C2CCCCCCC2)[C@]1(c1ccccc1)C1CCCCCCC1. The Morgan fingerprint density at radius 2 is 1.15 bits per heavy atom. The molecule has 1 aliphatic heterocycles. The minimum Gasteiger partial charge on any atom is -0.358 e. The second-order valence-corrected chi connectivity index (χ2v) is 10.8. The lowest BCUT2D eigenvalue weighted by Crippen LogP contribution is -2.55. The number of nitrogens with zero attached hydrogens (tertiary/aromatic N) is 2. The first-order valence-electron chi connectivity index (χ1n) is 14.0. The summed E-state index contributed by atoms with van der Waals surface area (Å²) in [5, 5.41) is 0. The zero-order valence-electron chi connectivity index (χ0n) is 20.9. The predicted octanol–water partition coefficient (Wildman–Crippen LogP) is 8.74. The molecule has 2 aliphatic carbocycles. The Morgan fingerprint density at radius 1 is 0.618 bits per heavy atom. The summed E-state index contributed by atoms with van der Waals surface area (Å²) < 4.78 is 0. The normalized spacial score (nSPS) is 25.6. The molecular formula is C32H42N2. The van der Waals surface area contributed by atoms with Gasteiger partial charge in [-0.05, 0) is 37.2 Å². The van der Waals surface area contributed by atoms with Gasteiger partial charge in [-0.15, -0.1) is 0 Å². The van der Waals surface area contributed by atoms with E-state index in [0.29, 0.717) is 12.0 Å². The van der Waals surface area contributed by atoms with Crippen LogP contribution in [0, 0.1) is 5.92 Å². The van der Waals surface area contributed by atoms with Crippen LogP contribution in [0.15, 0.2) is 71.9 Å². The highest BCUT2D eigenvalue weighted by atomic mass is 15.2. The van der Waals surface area contributed by atoms with Gasteiger partial charge >= 0.3 is 0 Å². The highest BCUT2D eigenvalue weighted by molar-refractivity contribution is 5.84. The summed E-state index contributed by atoms with van der Waals surface area (Å²) in [6.07, 6.45) is 23.8. The Labute approximate surface area is 207 Å². The summed E-state index contributed by atoms with van der Waals surface area (Å²) in [5.74, 6) is 0.609. The van der Waals surface area contributed by atoms with Gasteiger partial charge < -0.3 is 4.90 Å². The topological polar surface area (TPSA) is 15.6 Å². The fraction of sp³-hybridized carbons (Fsp3) is 0.531. The molecule has 0 aromatic heterocycles. The molecule has 0 amide bonds. The fourth-order valence-corrected chi connectivity index (χ4v) is 6.76. The van der Waals surface area contributed by atoms with E-state index in [2.05, 4.69) is 78.0 Å². The molecule has 2 fully saturated rings. The van der Waals surface area contributed by atoms with Gasteiger partial charge in [-0.2, -0.15) is 0 Å². The zero-order chi connectivity index (χ0) is 23.1. The van der Waals surface area contributed by atoms with Gasteiger partial charge in [-0.3, -0.25) is 4.99 Å². The van der Waals surface area contributed by atoms with Crippen LogP contribution >= 0.6 is 0 Å². The van der Waals surface area contributed by atoms with Gasteiger partial charge in [0.1, 0.15) is 5.54 Å². The van der Waals surface area contributed by atoms with Crippen LogP contribution in [0.1, 0.15) is 101 Å². The maximum atomic E-state index is 5.24. The van der Waals surface area contributed by atoms with Gasteiger partial charge in [0, 0.05) is 24.0 Å². The van der Waals surface area contributed by atoms with Gasteiger partial charge in [0.05, 0.1) is 5.70 Å². The Morgan fingerprint density at radius 3 is 1.76 bits per heavy atom. The number of hydrogen-bond acceptors (Lipinski definition) is 2. The van der Waals surface area contributed by atoms with Crippen LogP contribution in [0.4, 0.5) is 0 Å². The molecule has 0 radical (unpaired) electrons. The number of benzene rings is 2. The molecule has 1 heterocycles. The number of hydrogen-bond donors (Lipinski definition) is 0. The molecule has 2 aromatic rings. The maximum Gasteiger partial charge on any atom is 0.103 e. The van der Waals surface area contributed by atoms with Gasteiger partial charge in [0.2, 0.25) is 0 Å². The van der Waals surface area contributed by atoms with Gasteiger partial charge in [0.15, 0.2) is 0 Å². The molecule has 2 nitrogen and oxygen atoms in total. The summed E-state index contributed by atoms with van der Waals surface area (Å²) in [7, 11) is 0. The first-order chi connectivity index (χ1) is 16.9. The van der Waals surface area contributed by atoms with Crippen molar-refractivity contribution in [2.45, 2.75) is 101 Å². The number of rotatable bonds is 4. The molecular weight excluding hydrogens is 412 g/mol. The first-order valence-corrected chi connectivity index (χ1v) is 14.0. The third-order valence-electron chi connectivity index (χ3n) is 8.59. The van der Waals surface area contributed by atoms with Crippen molar-refractivity contribution in [2.24, 2.45) is 10.9 Å². The molecule has 0 saturated heterocycles. The molecule has 180 valence electrons. The Balaban J connectivity index is 1.62. The minimum absolute atomic E-state index is 0.138. The van der Waals surface area contributed by atoms with Crippen LogP contribution in [0.3, 0.4) is 0 Å². The van der Waals surface area contributed by atoms with Crippen molar-refractivity contribution >= 4 is 11.9 Å². The lowest BCUT2D eigenvalue weighted by Gasteiger charge is -2.52. The van der Waals surface area contributed by atoms with Crippen molar-refractivity contribution in [3.8, 4) is 0 Å². The van der Waals surface area contributed by atoms with E-state index in [-0.39, 0.29) is 5.54 Å². The van der Waals surface area contributed by atoms with Crippen molar-refractivity contribution in [3.63, 3.8) is 0 Å². The molecule has 5 rings (SSSR count). The van der Waals surface area contributed by atoms with Gasteiger partial charge in [0.25, 0.3) is 0 Å². The average Bonchev–Trinajstić information content (AvgIpc) is 2.85. The quantitative estimate of drug-likeness (QED) is 0.451. The largest absolute Gasteiger partial charge is 0.358 e. The van der Waals surface area contributed by atoms with Crippen LogP contribution < -0.4 is 0 Å². The summed E-state index contributed by atoms with van der Waals surface area (Å²) in [4.78, 5) is 8.07. The lowest BCUT2D eigenvalue weighted by molar-refractivity contribution is 0.0695. The Kier molecular flexibility index (Phi) is 7.83. The minimum atomic E-state index is -0.138. The Hall–Kier alpha value is -2.35.